The third-order valence-corrected chi connectivity index (χ3v) is 8.04. The minimum atomic E-state index is 0.907. The lowest BCUT2D eigenvalue weighted by atomic mass is 9.95. The van der Waals surface area contributed by atoms with Crippen LogP contribution in [0.3, 0.4) is 0 Å². The van der Waals surface area contributed by atoms with Crippen LogP contribution in [0, 0.1) is 0 Å². The monoisotopic (exact) mass is 537 g/mol. The van der Waals surface area contributed by atoms with Crippen LogP contribution in [0.1, 0.15) is 0 Å². The highest BCUT2D eigenvalue weighted by Gasteiger charge is 2.21. The Labute approximate surface area is 244 Å². The van der Waals surface area contributed by atoms with E-state index in [2.05, 4.69) is 157 Å². The fourth-order valence-electron chi connectivity index (χ4n) is 6.05. The van der Waals surface area contributed by atoms with Crippen molar-refractivity contribution in [3.63, 3.8) is 0 Å². The summed E-state index contributed by atoms with van der Waals surface area (Å²) in [6.45, 7) is 0. The Morgan fingerprint density at radius 3 is 1.86 bits per heavy atom. The quantitative estimate of drug-likeness (QED) is 0.217. The molecule has 1 heterocycles. The summed E-state index contributed by atoms with van der Waals surface area (Å²) in [5.41, 5.74) is 9.90. The molecule has 2 heteroatoms. The van der Waals surface area contributed by atoms with E-state index in [9.17, 15) is 0 Å². The smallest absolute Gasteiger partial charge is 0.136 e. The Morgan fingerprint density at radius 2 is 1.07 bits per heavy atom. The Bertz CT molecular complexity index is 2180. The topological polar surface area (TPSA) is 16.4 Å². The molecule has 0 bridgehead atoms. The zero-order valence-electron chi connectivity index (χ0n) is 22.9. The maximum atomic E-state index is 6.25. The minimum absolute atomic E-state index is 0.907. The van der Waals surface area contributed by atoms with Crippen LogP contribution in [-0.4, -0.2) is 0 Å². The largest absolute Gasteiger partial charge is 0.456 e. The number of fused-ring (bicyclic) bond motifs is 4. The van der Waals surface area contributed by atoms with Crippen LogP contribution in [0.4, 0.5) is 17.1 Å². The molecule has 2 nitrogen and oxygen atoms in total. The highest BCUT2D eigenvalue weighted by Crippen LogP contribution is 2.45. The van der Waals surface area contributed by atoms with E-state index in [1.165, 1.54) is 27.6 Å². The van der Waals surface area contributed by atoms with Crippen LogP contribution >= 0.6 is 0 Å². The summed E-state index contributed by atoms with van der Waals surface area (Å²) in [6.07, 6.45) is 0. The van der Waals surface area contributed by atoms with E-state index in [-0.39, 0.29) is 0 Å². The lowest BCUT2D eigenvalue weighted by Crippen LogP contribution is -2.11. The Hall–Kier alpha value is -5.60. The van der Waals surface area contributed by atoms with Crippen molar-refractivity contribution in [1.82, 2.24) is 0 Å². The predicted octanol–water partition coefficient (Wildman–Crippen LogP) is 11.5. The summed E-state index contributed by atoms with van der Waals surface area (Å²) < 4.78 is 6.25. The molecule has 1 aromatic heterocycles. The van der Waals surface area contributed by atoms with Gasteiger partial charge in [0.1, 0.15) is 11.2 Å². The van der Waals surface area contributed by atoms with Gasteiger partial charge in [-0.05, 0) is 70.6 Å². The van der Waals surface area contributed by atoms with Gasteiger partial charge in [0, 0.05) is 27.4 Å². The number of hydrogen-bond donors (Lipinski definition) is 0. The number of para-hydroxylation sites is 2. The van der Waals surface area contributed by atoms with Gasteiger partial charge in [-0.25, -0.2) is 0 Å². The summed E-state index contributed by atoms with van der Waals surface area (Å²) in [5.74, 6) is 0. The molecule has 0 N–H and O–H groups in total. The van der Waals surface area contributed by atoms with Crippen LogP contribution in [0.25, 0.3) is 55.0 Å². The molecule has 42 heavy (non-hydrogen) atoms. The molecule has 0 aliphatic carbocycles. The van der Waals surface area contributed by atoms with E-state index in [0.29, 0.717) is 0 Å². The molecule has 8 rings (SSSR count). The maximum absolute atomic E-state index is 6.25. The van der Waals surface area contributed by atoms with Crippen molar-refractivity contribution in [3.8, 4) is 22.3 Å². The van der Waals surface area contributed by atoms with Crippen LogP contribution in [-0.2, 0) is 0 Å². The average Bonchev–Trinajstić information content (AvgIpc) is 3.43. The van der Waals surface area contributed by atoms with Crippen molar-refractivity contribution in [2.45, 2.75) is 0 Å². The third-order valence-electron chi connectivity index (χ3n) is 8.04. The average molecular weight is 538 g/mol. The van der Waals surface area contributed by atoms with Crippen LogP contribution in [0.5, 0.6) is 0 Å². The van der Waals surface area contributed by atoms with Crippen LogP contribution in [0.2, 0.25) is 0 Å². The second-order valence-corrected chi connectivity index (χ2v) is 10.6. The van der Waals surface area contributed by atoms with Crippen molar-refractivity contribution in [3.05, 3.63) is 164 Å². The number of hydrogen-bond acceptors (Lipinski definition) is 2. The molecule has 0 atom stereocenters. The minimum Gasteiger partial charge on any atom is -0.456 e. The van der Waals surface area contributed by atoms with Crippen LogP contribution < -0.4 is 4.90 Å². The highest BCUT2D eigenvalue weighted by atomic mass is 16.3. The fraction of sp³-hybridized carbons (Fsp3) is 0. The highest BCUT2D eigenvalue weighted by molar-refractivity contribution is 6.13. The first-order valence-electron chi connectivity index (χ1n) is 14.3. The SMILES string of the molecule is c1ccc(-c2ccc(N(c3ccccc3)c3cccc4cc5oc6ccccc6c5cc34)c(-c3ccccc3)c2)cc1. The summed E-state index contributed by atoms with van der Waals surface area (Å²) in [6, 6.07) is 58.0. The summed E-state index contributed by atoms with van der Waals surface area (Å²) >= 11 is 0. The molecule has 0 aliphatic rings. The van der Waals surface area contributed by atoms with Gasteiger partial charge in [0.15, 0.2) is 0 Å². The Balaban J connectivity index is 1.42. The number of nitrogens with zero attached hydrogens (tertiary/aromatic N) is 1. The van der Waals surface area contributed by atoms with Crippen LogP contribution in [0.15, 0.2) is 168 Å². The van der Waals surface area contributed by atoms with Gasteiger partial charge in [-0.2, -0.15) is 0 Å². The summed E-state index contributed by atoms with van der Waals surface area (Å²) in [4.78, 5) is 2.40. The number of furan rings is 1. The van der Waals surface area contributed by atoms with E-state index >= 15 is 0 Å². The molecule has 0 fully saturated rings. The van der Waals surface area contributed by atoms with E-state index in [0.717, 1.165) is 44.4 Å². The van der Waals surface area contributed by atoms with Gasteiger partial charge in [-0.3, -0.25) is 0 Å². The van der Waals surface area contributed by atoms with Crippen molar-refractivity contribution < 1.29 is 4.42 Å². The molecule has 0 saturated heterocycles. The first kappa shape index (κ1) is 24.2. The second kappa shape index (κ2) is 10.1. The summed E-state index contributed by atoms with van der Waals surface area (Å²) in [5, 5.41) is 4.57. The maximum Gasteiger partial charge on any atom is 0.136 e. The van der Waals surface area contributed by atoms with Gasteiger partial charge < -0.3 is 9.32 Å². The molecule has 0 unspecified atom stereocenters. The number of anilines is 3. The van der Waals surface area contributed by atoms with E-state index in [1.54, 1.807) is 0 Å². The van der Waals surface area contributed by atoms with Crippen molar-refractivity contribution in [1.29, 1.82) is 0 Å². The first-order valence-corrected chi connectivity index (χ1v) is 14.3. The fourth-order valence-corrected chi connectivity index (χ4v) is 6.05. The second-order valence-electron chi connectivity index (χ2n) is 10.6. The molecule has 198 valence electrons. The molecule has 0 amide bonds. The summed E-state index contributed by atoms with van der Waals surface area (Å²) in [7, 11) is 0. The number of benzene rings is 7. The molecule has 8 aromatic rings. The Kier molecular flexibility index (Phi) is 5.82. The molecular formula is C40H27NO. The molecule has 0 saturated carbocycles. The molecule has 7 aromatic carbocycles. The van der Waals surface area contributed by atoms with Crippen molar-refractivity contribution >= 4 is 49.8 Å². The zero-order valence-corrected chi connectivity index (χ0v) is 22.9. The molecule has 0 aliphatic heterocycles. The van der Waals surface area contributed by atoms with E-state index in [4.69, 9.17) is 4.42 Å². The van der Waals surface area contributed by atoms with Gasteiger partial charge in [-0.15, -0.1) is 0 Å². The van der Waals surface area contributed by atoms with Gasteiger partial charge >= 0.3 is 0 Å². The first-order chi connectivity index (χ1) is 20.8. The standard InChI is InChI=1S/C40H27NO/c1-4-13-28(14-5-1)30-23-24-38(34(25-30)29-15-6-2-7-16-29)41(32-18-8-3-9-19-32)37-21-12-17-31-26-40-36(27-35(31)37)33-20-10-11-22-39(33)42-40/h1-27H. The van der Waals surface area contributed by atoms with E-state index < -0.39 is 0 Å². The molecular weight excluding hydrogens is 510 g/mol. The van der Waals surface area contributed by atoms with Gasteiger partial charge in [0.2, 0.25) is 0 Å². The van der Waals surface area contributed by atoms with Gasteiger partial charge in [0.25, 0.3) is 0 Å². The predicted molar refractivity (Wildman–Crippen MR) is 177 cm³/mol. The van der Waals surface area contributed by atoms with Crippen molar-refractivity contribution in [2.24, 2.45) is 0 Å². The Morgan fingerprint density at radius 1 is 0.381 bits per heavy atom. The third kappa shape index (κ3) is 4.13. The number of rotatable bonds is 5. The molecule has 0 spiro atoms. The molecule has 0 radical (unpaired) electrons. The zero-order chi connectivity index (χ0) is 27.9. The van der Waals surface area contributed by atoms with Gasteiger partial charge in [0.05, 0.1) is 11.4 Å². The lowest BCUT2D eigenvalue weighted by Gasteiger charge is -2.29. The van der Waals surface area contributed by atoms with Crippen molar-refractivity contribution in [2.75, 3.05) is 4.90 Å². The van der Waals surface area contributed by atoms with E-state index in [1.807, 2.05) is 12.1 Å². The normalized spacial score (nSPS) is 11.3. The van der Waals surface area contributed by atoms with Gasteiger partial charge in [-0.1, -0.05) is 115 Å². The lowest BCUT2D eigenvalue weighted by molar-refractivity contribution is 0.669.